The lowest BCUT2D eigenvalue weighted by Gasteiger charge is -2.33. The van der Waals surface area contributed by atoms with Crippen LogP contribution >= 0.6 is 27.3 Å². The Morgan fingerprint density at radius 2 is 2.10 bits per heavy atom. The number of sulfonamides is 1. The maximum Gasteiger partial charge on any atom is 0.325 e. The molecule has 1 fully saturated rings. The molecule has 0 aliphatic carbocycles. The summed E-state index contributed by atoms with van der Waals surface area (Å²) in [6, 6.07) is 1.52. The Bertz CT molecular complexity index is 599. The summed E-state index contributed by atoms with van der Waals surface area (Å²) in [6.07, 6.45) is 0.236. The molecule has 0 unspecified atom stereocenters. The van der Waals surface area contributed by atoms with Crippen molar-refractivity contribution in [1.29, 1.82) is 0 Å². The van der Waals surface area contributed by atoms with Gasteiger partial charge in [0.15, 0.2) is 0 Å². The van der Waals surface area contributed by atoms with Crippen LogP contribution in [-0.2, 0) is 19.6 Å². The first-order chi connectivity index (χ1) is 9.27. The van der Waals surface area contributed by atoms with E-state index in [0.717, 1.165) is 16.9 Å². The van der Waals surface area contributed by atoms with Gasteiger partial charge < -0.3 is 9.84 Å². The fourth-order valence-electron chi connectivity index (χ4n) is 1.95. The predicted molar refractivity (Wildman–Crippen MR) is 77.5 cm³/mol. The topological polar surface area (TPSA) is 92.7 Å². The zero-order valence-corrected chi connectivity index (χ0v) is 13.9. The van der Waals surface area contributed by atoms with E-state index in [0.29, 0.717) is 3.79 Å². The van der Waals surface area contributed by atoms with Gasteiger partial charge in [-0.2, -0.15) is 4.72 Å². The Hall–Kier alpha value is -0.480. The van der Waals surface area contributed by atoms with Gasteiger partial charge in [0, 0.05) is 26.1 Å². The Morgan fingerprint density at radius 3 is 2.55 bits per heavy atom. The van der Waals surface area contributed by atoms with Crippen LogP contribution in [0.4, 0.5) is 0 Å². The van der Waals surface area contributed by atoms with Crippen LogP contribution in [-0.4, -0.2) is 38.2 Å². The molecule has 1 aliphatic heterocycles. The fourth-order valence-corrected chi connectivity index (χ4v) is 5.59. The molecule has 1 aromatic rings. The number of carbonyl (C=O) groups is 1. The van der Waals surface area contributed by atoms with Gasteiger partial charge >= 0.3 is 5.97 Å². The van der Waals surface area contributed by atoms with Crippen LogP contribution in [0.25, 0.3) is 0 Å². The standard InChI is InChI=1S/C11H14BrNO5S2/c1-7-6-8(19-9(7)12)20(16,17)13-11(10(14)15)2-4-18-5-3-11/h6,13H,2-5H2,1H3,(H,14,15). The molecule has 0 aromatic carbocycles. The van der Waals surface area contributed by atoms with Crippen LogP contribution in [0.2, 0.25) is 0 Å². The van der Waals surface area contributed by atoms with Gasteiger partial charge in [0.1, 0.15) is 9.75 Å². The molecule has 6 nitrogen and oxygen atoms in total. The molecule has 0 radical (unpaired) electrons. The van der Waals surface area contributed by atoms with E-state index in [1.165, 1.54) is 6.07 Å². The first-order valence-electron chi connectivity index (χ1n) is 5.88. The molecule has 0 saturated carbocycles. The van der Waals surface area contributed by atoms with E-state index in [1.807, 2.05) is 0 Å². The SMILES string of the molecule is Cc1cc(S(=O)(=O)NC2(C(=O)O)CCOCC2)sc1Br. The number of rotatable bonds is 4. The van der Waals surface area contributed by atoms with Crippen LogP contribution < -0.4 is 4.72 Å². The van der Waals surface area contributed by atoms with Gasteiger partial charge in [0.25, 0.3) is 10.0 Å². The summed E-state index contributed by atoms with van der Waals surface area (Å²) in [7, 11) is -3.86. The van der Waals surface area contributed by atoms with Crippen molar-refractivity contribution in [3.63, 3.8) is 0 Å². The molecule has 1 aliphatic rings. The number of hydrogen-bond acceptors (Lipinski definition) is 5. The summed E-state index contributed by atoms with van der Waals surface area (Å²) in [5, 5.41) is 9.37. The molecule has 112 valence electrons. The molecule has 0 bridgehead atoms. The van der Waals surface area contributed by atoms with Gasteiger partial charge in [0.2, 0.25) is 0 Å². The zero-order chi connectivity index (χ0) is 15.0. The Labute approximate surface area is 129 Å². The smallest absolute Gasteiger partial charge is 0.325 e. The van der Waals surface area contributed by atoms with Crippen molar-refractivity contribution in [3.8, 4) is 0 Å². The minimum absolute atomic E-state index is 0.106. The van der Waals surface area contributed by atoms with Crippen molar-refractivity contribution >= 4 is 43.3 Å². The van der Waals surface area contributed by atoms with E-state index in [-0.39, 0.29) is 30.3 Å². The highest BCUT2D eigenvalue weighted by atomic mass is 79.9. The lowest BCUT2D eigenvalue weighted by Crippen LogP contribution is -2.57. The number of nitrogens with one attached hydrogen (secondary N) is 1. The molecular weight excluding hydrogens is 370 g/mol. The second-order valence-electron chi connectivity index (χ2n) is 4.63. The van der Waals surface area contributed by atoms with Crippen molar-refractivity contribution in [2.45, 2.75) is 29.5 Å². The van der Waals surface area contributed by atoms with Crippen LogP contribution in [0, 0.1) is 6.92 Å². The van der Waals surface area contributed by atoms with Gasteiger partial charge in [-0.3, -0.25) is 4.79 Å². The summed E-state index contributed by atoms with van der Waals surface area (Å²) in [4.78, 5) is 11.5. The number of thiophene rings is 1. The Morgan fingerprint density at radius 1 is 1.50 bits per heavy atom. The van der Waals surface area contributed by atoms with E-state index in [4.69, 9.17) is 4.74 Å². The highest BCUT2D eigenvalue weighted by Gasteiger charge is 2.44. The molecule has 0 atom stereocenters. The second kappa shape index (κ2) is 5.72. The molecular formula is C11H14BrNO5S2. The Balaban J connectivity index is 2.32. The van der Waals surface area contributed by atoms with Crippen LogP contribution in [0.15, 0.2) is 14.1 Å². The predicted octanol–water partition coefficient (Wildman–Crippen LogP) is 1.73. The minimum atomic E-state index is -3.86. The maximum absolute atomic E-state index is 12.3. The molecule has 0 amide bonds. The highest BCUT2D eigenvalue weighted by molar-refractivity contribution is 9.11. The number of aliphatic carboxylic acids is 1. The lowest BCUT2D eigenvalue weighted by molar-refractivity contribution is -0.147. The van der Waals surface area contributed by atoms with Crippen molar-refractivity contribution < 1.29 is 23.1 Å². The van der Waals surface area contributed by atoms with E-state index < -0.39 is 21.5 Å². The molecule has 2 heterocycles. The van der Waals surface area contributed by atoms with Gasteiger partial charge in [-0.1, -0.05) is 0 Å². The average Bonchev–Trinajstić information content (AvgIpc) is 2.71. The molecule has 1 aromatic heterocycles. The fraction of sp³-hybridized carbons (Fsp3) is 0.545. The van der Waals surface area contributed by atoms with Crippen molar-refractivity contribution in [2.75, 3.05) is 13.2 Å². The average molecular weight is 384 g/mol. The van der Waals surface area contributed by atoms with Crippen LogP contribution in [0.3, 0.4) is 0 Å². The number of carboxylic acid groups (broad SMARTS) is 1. The van der Waals surface area contributed by atoms with Gasteiger partial charge in [-0.25, -0.2) is 8.42 Å². The van der Waals surface area contributed by atoms with Crippen LogP contribution in [0.5, 0.6) is 0 Å². The third kappa shape index (κ3) is 3.06. The summed E-state index contributed by atoms with van der Waals surface area (Å²) in [5.41, 5.74) is -0.687. The van der Waals surface area contributed by atoms with E-state index in [1.54, 1.807) is 6.92 Å². The van der Waals surface area contributed by atoms with Crippen molar-refractivity contribution in [3.05, 3.63) is 15.4 Å². The normalized spacial score (nSPS) is 18.9. The maximum atomic E-state index is 12.3. The third-order valence-corrected chi connectivity index (χ3v) is 7.33. The summed E-state index contributed by atoms with van der Waals surface area (Å²) < 4.78 is 33.0. The first kappa shape index (κ1) is 15.9. The largest absolute Gasteiger partial charge is 0.480 e. The summed E-state index contributed by atoms with van der Waals surface area (Å²) in [6.45, 7) is 2.23. The van der Waals surface area contributed by atoms with Gasteiger partial charge in [-0.15, -0.1) is 11.3 Å². The van der Waals surface area contributed by atoms with Gasteiger partial charge in [0.05, 0.1) is 3.79 Å². The number of carboxylic acids is 1. The summed E-state index contributed by atoms with van der Waals surface area (Å²) >= 11 is 4.33. The number of ether oxygens (including phenoxy) is 1. The molecule has 0 spiro atoms. The number of hydrogen-bond donors (Lipinski definition) is 2. The third-order valence-electron chi connectivity index (χ3n) is 3.18. The second-order valence-corrected chi connectivity index (χ2v) is 8.91. The van der Waals surface area contributed by atoms with Crippen molar-refractivity contribution in [1.82, 2.24) is 4.72 Å². The molecule has 2 N–H and O–H groups in total. The molecule has 9 heteroatoms. The van der Waals surface area contributed by atoms with Gasteiger partial charge in [-0.05, 0) is 34.5 Å². The van der Waals surface area contributed by atoms with E-state index >= 15 is 0 Å². The monoisotopic (exact) mass is 383 g/mol. The lowest BCUT2D eigenvalue weighted by atomic mass is 9.92. The quantitative estimate of drug-likeness (QED) is 0.825. The first-order valence-corrected chi connectivity index (χ1v) is 8.97. The molecule has 2 rings (SSSR count). The number of aryl methyl sites for hydroxylation is 1. The van der Waals surface area contributed by atoms with E-state index in [9.17, 15) is 18.3 Å². The number of halogens is 1. The molecule has 20 heavy (non-hydrogen) atoms. The minimum Gasteiger partial charge on any atom is -0.480 e. The highest BCUT2D eigenvalue weighted by Crippen LogP contribution is 2.32. The van der Waals surface area contributed by atoms with Crippen molar-refractivity contribution in [2.24, 2.45) is 0 Å². The van der Waals surface area contributed by atoms with Crippen LogP contribution in [0.1, 0.15) is 18.4 Å². The van der Waals surface area contributed by atoms with E-state index in [2.05, 4.69) is 20.7 Å². The zero-order valence-electron chi connectivity index (χ0n) is 10.7. The summed E-state index contributed by atoms with van der Waals surface area (Å²) in [5.74, 6) is -1.17. The molecule has 1 saturated heterocycles. The Kier molecular flexibility index (Phi) is 4.55.